The predicted octanol–water partition coefficient (Wildman–Crippen LogP) is 2.22. The van der Waals surface area contributed by atoms with Gasteiger partial charge in [-0.15, -0.1) is 0 Å². The van der Waals surface area contributed by atoms with Gasteiger partial charge in [-0.25, -0.2) is 4.98 Å². The van der Waals surface area contributed by atoms with Gasteiger partial charge in [0.1, 0.15) is 11.6 Å². The number of nitrogens with one attached hydrogen (secondary N) is 1. The zero-order valence-corrected chi connectivity index (χ0v) is 8.62. The summed E-state index contributed by atoms with van der Waals surface area (Å²) >= 11 is 1.43. The van der Waals surface area contributed by atoms with Crippen LogP contribution < -0.4 is 10.5 Å². The zero-order chi connectivity index (χ0) is 10.7. The minimum absolute atomic E-state index is 0.0517. The van der Waals surface area contributed by atoms with Gasteiger partial charge in [0, 0.05) is 17.1 Å². The number of aromatic nitrogens is 1. The van der Waals surface area contributed by atoms with Crippen LogP contribution in [0, 0.1) is 5.41 Å². The average molecular weight is 219 g/mol. The van der Waals surface area contributed by atoms with Crippen molar-refractivity contribution < 1.29 is 4.74 Å². The zero-order valence-electron chi connectivity index (χ0n) is 7.81. The van der Waals surface area contributed by atoms with Crippen LogP contribution in [0.25, 0.3) is 0 Å². The van der Waals surface area contributed by atoms with Gasteiger partial charge in [0.25, 0.3) is 5.19 Å². The van der Waals surface area contributed by atoms with Crippen molar-refractivity contribution in [2.24, 2.45) is 5.73 Å². The van der Waals surface area contributed by atoms with E-state index in [1.165, 1.54) is 11.3 Å². The van der Waals surface area contributed by atoms with E-state index < -0.39 is 0 Å². The van der Waals surface area contributed by atoms with E-state index in [2.05, 4.69) is 4.98 Å². The van der Waals surface area contributed by atoms with E-state index in [1.807, 2.05) is 5.38 Å². The first-order valence-electron chi connectivity index (χ1n) is 4.27. The first-order valence-corrected chi connectivity index (χ1v) is 5.15. The molecule has 1 heterocycles. The highest BCUT2D eigenvalue weighted by atomic mass is 32.1. The molecule has 1 aromatic carbocycles. The van der Waals surface area contributed by atoms with E-state index >= 15 is 0 Å². The number of ether oxygens (including phenoxy) is 1. The number of amidine groups is 1. The molecular formula is C10H9N3OS. The van der Waals surface area contributed by atoms with Gasteiger partial charge in [0.2, 0.25) is 0 Å². The molecule has 0 saturated heterocycles. The third-order valence-electron chi connectivity index (χ3n) is 1.78. The first kappa shape index (κ1) is 9.67. The number of benzene rings is 1. The molecule has 2 aromatic rings. The van der Waals surface area contributed by atoms with Crippen molar-refractivity contribution in [3.8, 4) is 10.9 Å². The van der Waals surface area contributed by atoms with Crippen LogP contribution in [0.5, 0.6) is 10.9 Å². The Morgan fingerprint density at radius 1 is 1.33 bits per heavy atom. The van der Waals surface area contributed by atoms with Gasteiger partial charge >= 0.3 is 0 Å². The summed E-state index contributed by atoms with van der Waals surface area (Å²) in [6.45, 7) is 0. The van der Waals surface area contributed by atoms with Gasteiger partial charge in [-0.2, -0.15) is 0 Å². The second-order valence-electron chi connectivity index (χ2n) is 2.84. The molecule has 4 nitrogen and oxygen atoms in total. The molecule has 0 spiro atoms. The molecule has 0 aliphatic heterocycles. The molecule has 0 radical (unpaired) electrons. The van der Waals surface area contributed by atoms with Crippen LogP contribution >= 0.6 is 11.3 Å². The topological polar surface area (TPSA) is 72.0 Å². The quantitative estimate of drug-likeness (QED) is 0.614. The van der Waals surface area contributed by atoms with Gasteiger partial charge < -0.3 is 10.5 Å². The smallest absolute Gasteiger partial charge is 0.278 e. The maximum atomic E-state index is 7.23. The van der Waals surface area contributed by atoms with Crippen LogP contribution in [0.4, 0.5) is 0 Å². The van der Waals surface area contributed by atoms with Crippen LogP contribution in [0.2, 0.25) is 0 Å². The van der Waals surface area contributed by atoms with E-state index in [-0.39, 0.29) is 5.84 Å². The van der Waals surface area contributed by atoms with Crippen molar-refractivity contribution in [1.29, 1.82) is 5.41 Å². The summed E-state index contributed by atoms with van der Waals surface area (Å²) < 4.78 is 5.45. The Balaban J connectivity index is 2.14. The van der Waals surface area contributed by atoms with Gasteiger partial charge in [0.05, 0.1) is 0 Å². The van der Waals surface area contributed by atoms with Crippen molar-refractivity contribution in [1.82, 2.24) is 4.98 Å². The van der Waals surface area contributed by atoms with E-state index in [1.54, 1.807) is 30.5 Å². The monoisotopic (exact) mass is 219 g/mol. The molecule has 0 saturated carbocycles. The van der Waals surface area contributed by atoms with Crippen molar-refractivity contribution in [3.63, 3.8) is 0 Å². The molecule has 0 amide bonds. The van der Waals surface area contributed by atoms with E-state index in [9.17, 15) is 0 Å². The molecule has 76 valence electrons. The Morgan fingerprint density at radius 3 is 2.60 bits per heavy atom. The third-order valence-corrected chi connectivity index (χ3v) is 2.43. The lowest BCUT2D eigenvalue weighted by Gasteiger charge is -2.02. The van der Waals surface area contributed by atoms with E-state index in [0.29, 0.717) is 16.5 Å². The normalized spacial score (nSPS) is 9.87. The summed E-state index contributed by atoms with van der Waals surface area (Å²) in [7, 11) is 0. The molecule has 15 heavy (non-hydrogen) atoms. The fourth-order valence-corrected chi connectivity index (χ4v) is 1.57. The van der Waals surface area contributed by atoms with Gasteiger partial charge in [-0.05, 0) is 24.3 Å². The van der Waals surface area contributed by atoms with Crippen LogP contribution in [-0.2, 0) is 0 Å². The number of rotatable bonds is 3. The molecule has 3 N–H and O–H groups in total. The van der Waals surface area contributed by atoms with Crippen LogP contribution in [0.1, 0.15) is 5.56 Å². The maximum Gasteiger partial charge on any atom is 0.278 e. The fourth-order valence-electron chi connectivity index (χ4n) is 1.06. The number of nitrogen functional groups attached to an aromatic ring is 1. The van der Waals surface area contributed by atoms with Crippen LogP contribution in [0.3, 0.4) is 0 Å². The summed E-state index contributed by atoms with van der Waals surface area (Å²) in [4.78, 5) is 4.00. The molecule has 0 aliphatic rings. The largest absolute Gasteiger partial charge is 0.431 e. The molecule has 0 bridgehead atoms. The lowest BCUT2D eigenvalue weighted by atomic mass is 10.2. The molecule has 0 unspecified atom stereocenters. The number of hydrogen-bond acceptors (Lipinski definition) is 4. The molecule has 0 atom stereocenters. The minimum Gasteiger partial charge on any atom is -0.431 e. The second kappa shape index (κ2) is 4.10. The fraction of sp³-hybridized carbons (Fsp3) is 0. The van der Waals surface area contributed by atoms with Crippen molar-refractivity contribution >= 4 is 17.2 Å². The van der Waals surface area contributed by atoms with Crippen molar-refractivity contribution in [2.75, 3.05) is 0 Å². The Kier molecular flexibility index (Phi) is 2.64. The minimum atomic E-state index is 0.0517. The summed E-state index contributed by atoms with van der Waals surface area (Å²) in [6.07, 6.45) is 1.68. The van der Waals surface area contributed by atoms with Crippen molar-refractivity contribution in [3.05, 3.63) is 41.4 Å². The van der Waals surface area contributed by atoms with Gasteiger partial charge in [0.15, 0.2) is 0 Å². The van der Waals surface area contributed by atoms with Gasteiger partial charge in [-0.3, -0.25) is 5.41 Å². The Labute approximate surface area is 90.9 Å². The van der Waals surface area contributed by atoms with Gasteiger partial charge in [-0.1, -0.05) is 11.3 Å². The second-order valence-corrected chi connectivity index (χ2v) is 3.70. The van der Waals surface area contributed by atoms with Crippen molar-refractivity contribution in [2.45, 2.75) is 0 Å². The summed E-state index contributed by atoms with van der Waals surface area (Å²) in [6, 6.07) is 7.01. The summed E-state index contributed by atoms with van der Waals surface area (Å²) in [5.74, 6) is 0.741. The lowest BCUT2D eigenvalue weighted by molar-refractivity contribution is 0.479. The van der Waals surface area contributed by atoms with E-state index in [0.717, 1.165) is 0 Å². The Hall–Kier alpha value is -1.88. The highest BCUT2D eigenvalue weighted by Crippen LogP contribution is 2.23. The number of nitrogens with zero attached hydrogens (tertiary/aromatic N) is 1. The molecular weight excluding hydrogens is 210 g/mol. The molecule has 0 fully saturated rings. The molecule has 2 rings (SSSR count). The van der Waals surface area contributed by atoms with E-state index in [4.69, 9.17) is 15.9 Å². The number of nitrogens with two attached hydrogens (primary N) is 1. The first-order chi connectivity index (χ1) is 7.25. The maximum absolute atomic E-state index is 7.23. The Bertz CT molecular complexity index is 450. The summed E-state index contributed by atoms with van der Waals surface area (Å²) in [5, 5.41) is 9.68. The molecule has 0 aliphatic carbocycles. The summed E-state index contributed by atoms with van der Waals surface area (Å²) in [5.41, 5.74) is 6.01. The highest BCUT2D eigenvalue weighted by molar-refractivity contribution is 7.11. The molecule has 5 heteroatoms. The SMILES string of the molecule is N=C(N)c1ccc(Oc2nccs2)cc1. The third kappa shape index (κ3) is 2.32. The Morgan fingerprint density at radius 2 is 2.07 bits per heavy atom. The number of thiazole rings is 1. The lowest BCUT2D eigenvalue weighted by Crippen LogP contribution is -2.10. The van der Waals surface area contributed by atoms with Crippen LogP contribution in [-0.4, -0.2) is 10.8 Å². The standard InChI is InChI=1S/C10H9N3OS/c11-9(12)7-1-3-8(4-2-7)14-10-13-5-6-15-10/h1-6H,(H3,11,12). The van der Waals surface area contributed by atoms with Crippen LogP contribution in [0.15, 0.2) is 35.8 Å². The molecule has 1 aromatic heterocycles. The highest BCUT2D eigenvalue weighted by Gasteiger charge is 2.00. The number of hydrogen-bond donors (Lipinski definition) is 2. The predicted molar refractivity (Wildman–Crippen MR) is 59.6 cm³/mol. The average Bonchev–Trinajstić information content (AvgIpc) is 2.71.